The van der Waals surface area contributed by atoms with E-state index in [9.17, 15) is 9.18 Å². The fourth-order valence-corrected chi connectivity index (χ4v) is 2.71. The summed E-state index contributed by atoms with van der Waals surface area (Å²) in [5.41, 5.74) is 3.15. The van der Waals surface area contributed by atoms with Crippen LogP contribution in [0.2, 0.25) is 0 Å². The highest BCUT2D eigenvalue weighted by atomic mass is 19.1. The second kappa shape index (κ2) is 9.50. The van der Waals surface area contributed by atoms with E-state index in [1.165, 1.54) is 12.1 Å². The highest BCUT2D eigenvalue weighted by molar-refractivity contribution is 5.93. The molecule has 144 valence electrons. The van der Waals surface area contributed by atoms with Crippen molar-refractivity contribution in [1.82, 2.24) is 10.3 Å². The number of anilines is 1. The number of aromatic nitrogens is 1. The topological polar surface area (TPSA) is 63.2 Å². The van der Waals surface area contributed by atoms with Crippen molar-refractivity contribution in [2.75, 3.05) is 19.0 Å². The van der Waals surface area contributed by atoms with Gasteiger partial charge in [0.1, 0.15) is 17.3 Å². The Morgan fingerprint density at radius 1 is 1.07 bits per heavy atom. The van der Waals surface area contributed by atoms with E-state index in [-0.39, 0.29) is 11.7 Å². The molecule has 0 fully saturated rings. The molecule has 3 aromatic rings. The third-order valence-electron chi connectivity index (χ3n) is 4.24. The molecule has 1 amide bonds. The first-order valence-corrected chi connectivity index (χ1v) is 8.99. The van der Waals surface area contributed by atoms with E-state index in [1.54, 1.807) is 37.6 Å². The third-order valence-corrected chi connectivity index (χ3v) is 4.24. The Bertz CT molecular complexity index is 929. The summed E-state index contributed by atoms with van der Waals surface area (Å²) >= 11 is 0. The summed E-state index contributed by atoms with van der Waals surface area (Å²) in [5.74, 6) is 0.305. The van der Waals surface area contributed by atoms with Gasteiger partial charge in [0, 0.05) is 25.0 Å². The van der Waals surface area contributed by atoms with E-state index in [1.807, 2.05) is 24.3 Å². The van der Waals surface area contributed by atoms with Gasteiger partial charge in [0.15, 0.2) is 0 Å². The maximum absolute atomic E-state index is 13.0. The number of pyridine rings is 1. The van der Waals surface area contributed by atoms with Crippen molar-refractivity contribution >= 4 is 11.6 Å². The molecule has 0 saturated carbocycles. The molecule has 28 heavy (non-hydrogen) atoms. The van der Waals surface area contributed by atoms with Crippen molar-refractivity contribution < 1.29 is 13.9 Å². The lowest BCUT2D eigenvalue weighted by molar-refractivity contribution is 0.0949. The maximum atomic E-state index is 13.0. The predicted molar refractivity (Wildman–Crippen MR) is 107 cm³/mol. The van der Waals surface area contributed by atoms with Crippen LogP contribution in [0, 0.1) is 5.82 Å². The van der Waals surface area contributed by atoms with Crippen LogP contribution in [0.15, 0.2) is 66.9 Å². The number of ether oxygens (including phenoxy) is 1. The molecule has 3 rings (SSSR count). The van der Waals surface area contributed by atoms with E-state index in [0.717, 1.165) is 22.6 Å². The zero-order valence-electron chi connectivity index (χ0n) is 15.6. The van der Waals surface area contributed by atoms with Crippen LogP contribution in [0.5, 0.6) is 5.75 Å². The highest BCUT2D eigenvalue weighted by Gasteiger charge is 2.08. The zero-order chi connectivity index (χ0) is 19.8. The summed E-state index contributed by atoms with van der Waals surface area (Å²) in [7, 11) is 1.63. The Balaban J connectivity index is 1.52. The molecule has 0 bridgehead atoms. The van der Waals surface area contributed by atoms with Crippen molar-refractivity contribution in [3.8, 4) is 5.75 Å². The predicted octanol–water partition coefficient (Wildman–Crippen LogP) is 3.81. The molecule has 0 atom stereocenters. The molecular weight excluding hydrogens is 357 g/mol. The Kier molecular flexibility index (Phi) is 6.57. The van der Waals surface area contributed by atoms with E-state index < -0.39 is 0 Å². The minimum absolute atomic E-state index is 0.228. The van der Waals surface area contributed by atoms with Crippen LogP contribution >= 0.6 is 0 Å². The zero-order valence-corrected chi connectivity index (χ0v) is 15.6. The Morgan fingerprint density at radius 2 is 1.89 bits per heavy atom. The third kappa shape index (κ3) is 5.54. The summed E-state index contributed by atoms with van der Waals surface area (Å²) in [6.45, 7) is 1.03. The molecule has 2 N–H and O–H groups in total. The van der Waals surface area contributed by atoms with Gasteiger partial charge < -0.3 is 15.4 Å². The number of nitrogens with zero attached hydrogens (tertiary/aromatic N) is 1. The number of halogens is 1. The monoisotopic (exact) mass is 379 g/mol. The second-order valence-electron chi connectivity index (χ2n) is 6.27. The number of hydrogen-bond acceptors (Lipinski definition) is 4. The van der Waals surface area contributed by atoms with Crippen molar-refractivity contribution in [2.24, 2.45) is 0 Å². The molecule has 0 spiro atoms. The maximum Gasteiger partial charge on any atom is 0.269 e. The van der Waals surface area contributed by atoms with Gasteiger partial charge in [-0.25, -0.2) is 4.39 Å². The molecule has 6 heteroatoms. The number of benzene rings is 2. The minimum atomic E-state index is -0.263. The van der Waals surface area contributed by atoms with Crippen LogP contribution in [0.4, 0.5) is 10.1 Å². The number of carbonyl (C=O) groups excluding carboxylic acids is 1. The first-order chi connectivity index (χ1) is 13.6. The number of amides is 1. The summed E-state index contributed by atoms with van der Waals surface area (Å²) in [6, 6.07) is 17.5. The van der Waals surface area contributed by atoms with Crippen molar-refractivity contribution in [3.05, 3.63) is 89.5 Å². The van der Waals surface area contributed by atoms with Gasteiger partial charge in [0.05, 0.1) is 7.11 Å². The average molecular weight is 379 g/mol. The number of carbonyl (C=O) groups is 1. The Labute approximate surface area is 163 Å². The average Bonchev–Trinajstić information content (AvgIpc) is 2.73. The van der Waals surface area contributed by atoms with Crippen LogP contribution in [-0.4, -0.2) is 24.5 Å². The van der Waals surface area contributed by atoms with Gasteiger partial charge in [-0.05, 0) is 53.9 Å². The molecule has 0 aliphatic rings. The van der Waals surface area contributed by atoms with Gasteiger partial charge in [-0.3, -0.25) is 9.78 Å². The highest BCUT2D eigenvalue weighted by Crippen LogP contribution is 2.13. The lowest BCUT2D eigenvalue weighted by Gasteiger charge is -2.09. The van der Waals surface area contributed by atoms with Crippen LogP contribution in [-0.2, 0) is 13.0 Å². The van der Waals surface area contributed by atoms with Crippen LogP contribution < -0.4 is 15.4 Å². The van der Waals surface area contributed by atoms with Gasteiger partial charge in [-0.2, -0.15) is 0 Å². The Morgan fingerprint density at radius 3 is 2.68 bits per heavy atom. The SMILES string of the molecule is COc1cccc(CCNC(=O)c2cc(NCc3ccc(F)cc3)ccn2)c1. The first-order valence-electron chi connectivity index (χ1n) is 8.99. The molecule has 2 aromatic carbocycles. The number of hydrogen-bond donors (Lipinski definition) is 2. The quantitative estimate of drug-likeness (QED) is 0.625. The van der Waals surface area contributed by atoms with E-state index in [4.69, 9.17) is 4.74 Å². The van der Waals surface area contributed by atoms with E-state index >= 15 is 0 Å². The van der Waals surface area contributed by atoms with Crippen molar-refractivity contribution in [2.45, 2.75) is 13.0 Å². The summed E-state index contributed by atoms with van der Waals surface area (Å²) in [5, 5.41) is 6.09. The van der Waals surface area contributed by atoms with Gasteiger partial charge in [0.25, 0.3) is 5.91 Å². The normalized spacial score (nSPS) is 10.4. The number of nitrogens with one attached hydrogen (secondary N) is 2. The summed E-state index contributed by atoms with van der Waals surface area (Å²) in [6.07, 6.45) is 2.29. The van der Waals surface area contributed by atoms with Gasteiger partial charge in [-0.1, -0.05) is 24.3 Å². The van der Waals surface area contributed by atoms with Crippen molar-refractivity contribution in [3.63, 3.8) is 0 Å². The molecular formula is C22H22FN3O2. The largest absolute Gasteiger partial charge is 0.497 e. The molecule has 0 aliphatic carbocycles. The van der Waals surface area contributed by atoms with Gasteiger partial charge >= 0.3 is 0 Å². The summed E-state index contributed by atoms with van der Waals surface area (Å²) < 4.78 is 18.2. The standard InChI is InChI=1S/C22H22FN3O2/c1-28-20-4-2-3-16(13-20)9-11-25-22(27)21-14-19(10-12-24-21)26-15-17-5-7-18(23)8-6-17/h2-8,10,12-14H,9,11,15H2,1H3,(H,24,26)(H,25,27). The van der Waals surface area contributed by atoms with Crippen molar-refractivity contribution in [1.29, 1.82) is 0 Å². The van der Waals surface area contributed by atoms with Gasteiger partial charge in [0.2, 0.25) is 0 Å². The van der Waals surface area contributed by atoms with Crippen LogP contribution in [0.3, 0.4) is 0 Å². The lowest BCUT2D eigenvalue weighted by atomic mass is 10.1. The molecule has 0 unspecified atom stereocenters. The first kappa shape index (κ1) is 19.4. The fraction of sp³-hybridized carbons (Fsp3) is 0.182. The molecule has 1 aromatic heterocycles. The molecule has 0 radical (unpaired) electrons. The molecule has 0 saturated heterocycles. The van der Waals surface area contributed by atoms with Crippen LogP contribution in [0.25, 0.3) is 0 Å². The smallest absolute Gasteiger partial charge is 0.269 e. The number of rotatable bonds is 8. The molecule has 0 aliphatic heterocycles. The fourth-order valence-electron chi connectivity index (χ4n) is 2.71. The minimum Gasteiger partial charge on any atom is -0.497 e. The van der Waals surface area contributed by atoms with E-state index in [2.05, 4.69) is 15.6 Å². The van der Waals surface area contributed by atoms with Crippen LogP contribution in [0.1, 0.15) is 21.6 Å². The van der Waals surface area contributed by atoms with Gasteiger partial charge in [-0.15, -0.1) is 0 Å². The summed E-state index contributed by atoms with van der Waals surface area (Å²) in [4.78, 5) is 16.5. The second-order valence-corrected chi connectivity index (χ2v) is 6.27. The lowest BCUT2D eigenvalue weighted by Crippen LogP contribution is -2.26. The Hall–Kier alpha value is -3.41. The molecule has 1 heterocycles. The number of methoxy groups -OCH3 is 1. The molecule has 5 nitrogen and oxygen atoms in total. The van der Waals surface area contributed by atoms with E-state index in [0.29, 0.717) is 25.2 Å².